The van der Waals surface area contributed by atoms with E-state index in [2.05, 4.69) is 0 Å². The number of halogens is 2. The molecule has 2 radical (unpaired) electrons. The summed E-state index contributed by atoms with van der Waals surface area (Å²) >= 11 is 1.84. The van der Waals surface area contributed by atoms with Crippen molar-refractivity contribution in [3.05, 3.63) is 0 Å². The van der Waals surface area contributed by atoms with Gasteiger partial charge in [0.2, 0.25) is 0 Å². The van der Waals surface area contributed by atoms with Gasteiger partial charge in [-0.2, -0.15) is 0 Å². The van der Waals surface area contributed by atoms with Gasteiger partial charge in [-0.15, -0.1) is 0 Å². The molecule has 24 valence electrons. The quantitative estimate of drug-likeness (QED) is 0.366. The fraction of sp³-hybridized carbons (Fsp3) is 0. The van der Waals surface area contributed by atoms with Gasteiger partial charge in [0.05, 0.1) is 0 Å². The monoisotopic (exact) mass is 196 g/mol. The van der Waals surface area contributed by atoms with Crippen LogP contribution in [0, 0.1) is 0 Å². The van der Waals surface area contributed by atoms with Crippen LogP contribution in [0.5, 0.6) is 0 Å². The van der Waals surface area contributed by atoms with Crippen LogP contribution < -0.4 is 18.9 Å². The predicted molar refractivity (Wildman–Crippen MR) is 28.5 cm³/mol. The Morgan fingerprint density at radius 2 is 2.00 bits per heavy atom. The third-order valence-corrected chi connectivity index (χ3v) is 0.678. The van der Waals surface area contributed by atoms with Crippen LogP contribution >= 0.6 is 30.0 Å². The zero-order valence-corrected chi connectivity index (χ0v) is 5.72. The molecule has 0 aromatic heterocycles. The van der Waals surface area contributed by atoms with Crippen molar-refractivity contribution in [1.82, 2.24) is 0 Å². The summed E-state index contributed by atoms with van der Waals surface area (Å²) in [5.74, 6) is 0. The standard InChI is InChI=1S/BFIS.Li/c2-1-4-3;/q-1;+1. The summed E-state index contributed by atoms with van der Waals surface area (Å²) in [6, 6.07) is 0. The Kier molecular flexibility index (Phi) is 18.1. The van der Waals surface area contributed by atoms with Crippen LogP contribution in [0.3, 0.4) is 0 Å². The molecule has 5 heteroatoms. The van der Waals surface area contributed by atoms with Gasteiger partial charge >= 0.3 is 18.9 Å². The first kappa shape index (κ1) is 9.83. The van der Waals surface area contributed by atoms with Gasteiger partial charge in [-0.3, -0.25) is 0 Å². The molecule has 0 aliphatic rings. The molecule has 0 aromatic rings. The maximum Gasteiger partial charge on any atom is 1.00 e. The minimum absolute atomic E-state index is 0. The van der Waals surface area contributed by atoms with Crippen molar-refractivity contribution in [2.75, 3.05) is 0 Å². The van der Waals surface area contributed by atoms with Crippen molar-refractivity contribution in [1.29, 1.82) is 0 Å². The number of rotatable bonds is 1. The number of hydrogen-bond acceptors (Lipinski definition) is 1. The second-order valence-corrected chi connectivity index (χ2v) is 2.06. The average Bonchev–Trinajstić information content (AvgIpc) is 1.37. The van der Waals surface area contributed by atoms with Crippen molar-refractivity contribution >= 4 is 36.8 Å². The van der Waals surface area contributed by atoms with E-state index in [1.165, 1.54) is 0 Å². The third kappa shape index (κ3) is 10.7. The molecule has 0 saturated heterocycles. The maximum atomic E-state index is 10.6. The normalized spacial score (nSPS) is 6.00. The van der Waals surface area contributed by atoms with Crippen molar-refractivity contribution in [3.63, 3.8) is 0 Å². The van der Waals surface area contributed by atoms with Crippen LogP contribution in [-0.2, 0) is 0 Å². The Labute approximate surface area is 59.6 Å². The molecule has 0 aromatic carbocycles. The molecule has 0 aliphatic heterocycles. The van der Waals surface area contributed by atoms with Crippen LogP contribution in [0.4, 0.5) is 4.32 Å². The van der Waals surface area contributed by atoms with Gasteiger partial charge in [0, 0.05) is 0 Å². The molecule has 0 amide bonds. The van der Waals surface area contributed by atoms with Crippen molar-refractivity contribution in [3.8, 4) is 0 Å². The minimum Gasteiger partial charge on any atom is -0.583 e. The SMILES string of the molecule is F[B-]SI.[Li+]. The van der Waals surface area contributed by atoms with E-state index < -0.39 is 0 Å². The van der Waals surface area contributed by atoms with Crippen LogP contribution in [-0.4, -0.2) is 6.84 Å². The number of hydrogen-bond donors (Lipinski definition) is 0. The van der Waals surface area contributed by atoms with Crippen LogP contribution in [0.15, 0.2) is 0 Å². The minimum atomic E-state index is 0. The molecular formula is BFILiS. The Bertz CT molecular complexity index is 13.6. The Hall–Kier alpha value is 1.67. The van der Waals surface area contributed by atoms with Gasteiger partial charge in [-0.1, -0.05) is 21.2 Å². The van der Waals surface area contributed by atoms with E-state index in [1.54, 1.807) is 0 Å². The molecule has 0 saturated carbocycles. The van der Waals surface area contributed by atoms with Gasteiger partial charge in [-0.05, 0) is 6.84 Å². The van der Waals surface area contributed by atoms with Crippen LogP contribution in [0.2, 0.25) is 0 Å². The molecule has 0 rings (SSSR count). The molecule has 0 atom stereocenters. The summed E-state index contributed by atoms with van der Waals surface area (Å²) in [7, 11) is 1.03. The summed E-state index contributed by atoms with van der Waals surface area (Å²) in [4.78, 5) is 0. The molecule has 0 N–H and O–H groups in total. The first-order chi connectivity index (χ1) is 1.91. The molecule has 0 heterocycles. The first-order valence-corrected chi connectivity index (χ1v) is 4.03. The van der Waals surface area contributed by atoms with Crippen LogP contribution in [0.1, 0.15) is 0 Å². The molecule has 0 nitrogen and oxygen atoms in total. The van der Waals surface area contributed by atoms with Crippen molar-refractivity contribution in [2.45, 2.75) is 0 Å². The van der Waals surface area contributed by atoms with Gasteiger partial charge in [0.1, 0.15) is 0 Å². The molecule has 0 fully saturated rings. The first-order valence-electron chi connectivity index (χ1n) is 0.608. The zero-order chi connectivity index (χ0) is 3.41. The fourth-order valence-electron chi connectivity index (χ4n) is 0. The van der Waals surface area contributed by atoms with E-state index in [9.17, 15) is 4.32 Å². The largest absolute Gasteiger partial charge is 1.00 e. The average molecular weight is 196 g/mol. The predicted octanol–water partition coefficient (Wildman–Crippen LogP) is -1.42. The van der Waals surface area contributed by atoms with Crippen LogP contribution in [0.25, 0.3) is 0 Å². The molecule has 0 bridgehead atoms. The Balaban J connectivity index is 0. The summed E-state index contributed by atoms with van der Waals surface area (Å²) in [5, 5.41) is 0. The molecule has 0 unspecified atom stereocenters. The van der Waals surface area contributed by atoms with E-state index in [4.69, 9.17) is 0 Å². The smallest absolute Gasteiger partial charge is 0.583 e. The van der Waals surface area contributed by atoms with E-state index in [0.29, 0.717) is 6.84 Å². The Morgan fingerprint density at radius 1 is 1.80 bits per heavy atom. The van der Waals surface area contributed by atoms with E-state index >= 15 is 0 Å². The van der Waals surface area contributed by atoms with Gasteiger partial charge in [0.15, 0.2) is 0 Å². The second kappa shape index (κ2) is 9.18. The molecular weight excluding hydrogens is 196 g/mol. The van der Waals surface area contributed by atoms with E-state index in [1.807, 2.05) is 21.2 Å². The Morgan fingerprint density at radius 3 is 2.00 bits per heavy atom. The van der Waals surface area contributed by atoms with Gasteiger partial charge in [-0.25, -0.2) is 0 Å². The molecule has 0 aliphatic carbocycles. The van der Waals surface area contributed by atoms with Crippen molar-refractivity contribution < 1.29 is 23.2 Å². The van der Waals surface area contributed by atoms with Crippen molar-refractivity contribution in [2.24, 2.45) is 0 Å². The summed E-state index contributed by atoms with van der Waals surface area (Å²) < 4.78 is 10.6. The van der Waals surface area contributed by atoms with E-state index in [0.717, 1.165) is 8.78 Å². The maximum absolute atomic E-state index is 10.6. The third-order valence-electron chi connectivity index (χ3n) is 0.0337. The molecule has 0 spiro atoms. The summed E-state index contributed by atoms with van der Waals surface area (Å²) in [6.07, 6.45) is 0. The molecule has 5 heavy (non-hydrogen) atoms. The van der Waals surface area contributed by atoms with Gasteiger partial charge in [0.25, 0.3) is 0 Å². The second-order valence-electron chi connectivity index (χ2n) is 0.178. The van der Waals surface area contributed by atoms with E-state index in [-0.39, 0.29) is 18.9 Å². The topological polar surface area (TPSA) is 0 Å². The summed E-state index contributed by atoms with van der Waals surface area (Å²) in [5.41, 5.74) is 0. The van der Waals surface area contributed by atoms with Gasteiger partial charge < -0.3 is 13.1 Å². The zero-order valence-electron chi connectivity index (χ0n) is 2.74. The fourth-order valence-corrected chi connectivity index (χ4v) is 0. The summed E-state index contributed by atoms with van der Waals surface area (Å²) in [6.45, 7) is 0.528.